The lowest BCUT2D eigenvalue weighted by Gasteiger charge is -2.45. The molecule has 0 atom stereocenters. The van der Waals surface area contributed by atoms with E-state index < -0.39 is 0 Å². The summed E-state index contributed by atoms with van der Waals surface area (Å²) in [6.07, 6.45) is 0. The average molecular weight is 248 g/mol. The minimum atomic E-state index is 0.0914. The Kier molecular flexibility index (Phi) is 2.82. The van der Waals surface area contributed by atoms with E-state index in [0.717, 1.165) is 36.8 Å². The molecule has 1 saturated heterocycles. The van der Waals surface area contributed by atoms with Crippen LogP contribution in [0, 0.1) is 0 Å². The van der Waals surface area contributed by atoms with Gasteiger partial charge < -0.3 is 19.7 Å². The van der Waals surface area contributed by atoms with Gasteiger partial charge in [0.05, 0.1) is 5.69 Å². The second-order valence-corrected chi connectivity index (χ2v) is 5.44. The van der Waals surface area contributed by atoms with E-state index in [4.69, 9.17) is 9.47 Å². The molecular weight excluding hydrogens is 228 g/mol. The molecule has 1 aromatic carbocycles. The van der Waals surface area contributed by atoms with Gasteiger partial charge in [-0.15, -0.1) is 0 Å². The highest BCUT2D eigenvalue weighted by atomic mass is 16.6. The summed E-state index contributed by atoms with van der Waals surface area (Å²) in [4.78, 5) is 2.41. The van der Waals surface area contributed by atoms with Crippen LogP contribution in [0.5, 0.6) is 11.5 Å². The lowest BCUT2D eigenvalue weighted by atomic mass is 9.98. The first-order valence-corrected chi connectivity index (χ1v) is 6.55. The van der Waals surface area contributed by atoms with Crippen molar-refractivity contribution in [2.24, 2.45) is 0 Å². The molecule has 0 radical (unpaired) electrons. The molecule has 18 heavy (non-hydrogen) atoms. The van der Waals surface area contributed by atoms with E-state index in [9.17, 15) is 0 Å². The van der Waals surface area contributed by atoms with Gasteiger partial charge in [-0.05, 0) is 26.0 Å². The van der Waals surface area contributed by atoms with Gasteiger partial charge in [-0.2, -0.15) is 0 Å². The minimum absolute atomic E-state index is 0.0914. The van der Waals surface area contributed by atoms with Crippen molar-refractivity contribution in [3.05, 3.63) is 18.2 Å². The predicted octanol–water partition coefficient (Wildman–Crippen LogP) is 1.65. The zero-order chi connectivity index (χ0) is 12.6. The molecular formula is C14H20N2O2. The summed E-state index contributed by atoms with van der Waals surface area (Å²) >= 11 is 0. The Bertz CT molecular complexity index is 445. The van der Waals surface area contributed by atoms with Crippen molar-refractivity contribution in [1.82, 2.24) is 5.32 Å². The van der Waals surface area contributed by atoms with E-state index in [1.807, 2.05) is 12.1 Å². The van der Waals surface area contributed by atoms with E-state index in [1.54, 1.807) is 0 Å². The molecule has 2 aliphatic rings. The molecule has 0 aliphatic carbocycles. The van der Waals surface area contributed by atoms with Crippen LogP contribution in [0.1, 0.15) is 13.8 Å². The first-order chi connectivity index (χ1) is 8.68. The number of nitrogens with zero attached hydrogens (tertiary/aromatic N) is 1. The van der Waals surface area contributed by atoms with Crippen LogP contribution in [-0.4, -0.2) is 38.4 Å². The highest BCUT2D eigenvalue weighted by molar-refractivity contribution is 5.66. The SMILES string of the molecule is CC1(C)CNCCN1c1cccc2c1OCCO2. The topological polar surface area (TPSA) is 33.7 Å². The molecule has 1 N–H and O–H groups in total. The molecule has 1 aromatic rings. The van der Waals surface area contributed by atoms with Crippen LogP contribution in [0.2, 0.25) is 0 Å². The van der Waals surface area contributed by atoms with Crippen LogP contribution >= 0.6 is 0 Å². The maximum Gasteiger partial charge on any atom is 0.184 e. The molecule has 1 fully saturated rings. The molecule has 0 unspecified atom stereocenters. The van der Waals surface area contributed by atoms with Crippen molar-refractivity contribution in [3.8, 4) is 11.5 Å². The number of piperazine rings is 1. The molecule has 0 saturated carbocycles. The second-order valence-electron chi connectivity index (χ2n) is 5.44. The van der Waals surface area contributed by atoms with Crippen molar-refractivity contribution in [3.63, 3.8) is 0 Å². The number of nitrogens with one attached hydrogen (secondary N) is 1. The van der Waals surface area contributed by atoms with Crippen LogP contribution in [0.4, 0.5) is 5.69 Å². The fourth-order valence-electron chi connectivity index (χ4n) is 2.70. The number of rotatable bonds is 1. The van der Waals surface area contributed by atoms with Gasteiger partial charge in [0.15, 0.2) is 11.5 Å². The largest absolute Gasteiger partial charge is 0.486 e. The standard InChI is InChI=1S/C14H20N2O2/c1-14(2)10-15-6-7-16(14)11-4-3-5-12-13(11)18-9-8-17-12/h3-5,15H,6-10H2,1-2H3. The molecule has 0 bridgehead atoms. The zero-order valence-corrected chi connectivity index (χ0v) is 11.0. The van der Waals surface area contributed by atoms with Gasteiger partial charge in [0, 0.05) is 25.2 Å². The first-order valence-electron chi connectivity index (χ1n) is 6.55. The fourth-order valence-corrected chi connectivity index (χ4v) is 2.70. The van der Waals surface area contributed by atoms with Crippen molar-refractivity contribution in [1.29, 1.82) is 0 Å². The van der Waals surface area contributed by atoms with E-state index in [-0.39, 0.29) is 5.54 Å². The summed E-state index contributed by atoms with van der Waals surface area (Å²) in [5, 5.41) is 3.44. The van der Waals surface area contributed by atoms with E-state index >= 15 is 0 Å². The maximum atomic E-state index is 5.81. The van der Waals surface area contributed by atoms with E-state index in [1.165, 1.54) is 0 Å². The molecule has 0 spiro atoms. The van der Waals surface area contributed by atoms with Crippen molar-refractivity contribution < 1.29 is 9.47 Å². The third-order valence-corrected chi connectivity index (χ3v) is 3.64. The van der Waals surface area contributed by atoms with Gasteiger partial charge in [0.1, 0.15) is 13.2 Å². The van der Waals surface area contributed by atoms with Crippen LogP contribution in [0.3, 0.4) is 0 Å². The number of fused-ring (bicyclic) bond motifs is 1. The molecule has 2 heterocycles. The number of ether oxygens (including phenoxy) is 2. The number of hydrogen-bond donors (Lipinski definition) is 1. The normalized spacial score (nSPS) is 21.8. The van der Waals surface area contributed by atoms with Crippen LogP contribution in [-0.2, 0) is 0 Å². The third kappa shape index (κ3) is 1.90. The molecule has 4 nitrogen and oxygen atoms in total. The van der Waals surface area contributed by atoms with Gasteiger partial charge in [-0.3, -0.25) is 0 Å². The Balaban J connectivity index is 2.00. The summed E-state index contributed by atoms with van der Waals surface area (Å²) in [5.41, 5.74) is 1.24. The minimum Gasteiger partial charge on any atom is -0.486 e. The Labute approximate surface area is 108 Å². The molecule has 4 heteroatoms. The summed E-state index contributed by atoms with van der Waals surface area (Å²) in [6, 6.07) is 6.15. The lowest BCUT2D eigenvalue weighted by Crippen LogP contribution is -2.58. The molecule has 3 rings (SSSR count). The van der Waals surface area contributed by atoms with Crippen molar-refractivity contribution >= 4 is 5.69 Å². The molecule has 0 amide bonds. The average Bonchev–Trinajstić information content (AvgIpc) is 2.38. The smallest absolute Gasteiger partial charge is 0.184 e. The van der Waals surface area contributed by atoms with Crippen LogP contribution in [0.15, 0.2) is 18.2 Å². The van der Waals surface area contributed by atoms with Gasteiger partial charge in [0.25, 0.3) is 0 Å². The highest BCUT2D eigenvalue weighted by Crippen LogP contribution is 2.41. The zero-order valence-electron chi connectivity index (χ0n) is 11.0. The lowest BCUT2D eigenvalue weighted by molar-refractivity contribution is 0.171. The number of anilines is 1. The van der Waals surface area contributed by atoms with Gasteiger partial charge in [-0.25, -0.2) is 0 Å². The van der Waals surface area contributed by atoms with Gasteiger partial charge >= 0.3 is 0 Å². The third-order valence-electron chi connectivity index (χ3n) is 3.64. The summed E-state index contributed by atoms with van der Waals surface area (Å²) in [5.74, 6) is 1.77. The summed E-state index contributed by atoms with van der Waals surface area (Å²) < 4.78 is 11.5. The molecule has 0 aromatic heterocycles. The van der Waals surface area contributed by atoms with Crippen molar-refractivity contribution in [2.45, 2.75) is 19.4 Å². The fraction of sp³-hybridized carbons (Fsp3) is 0.571. The van der Waals surface area contributed by atoms with E-state index in [0.29, 0.717) is 13.2 Å². The number of hydrogen-bond acceptors (Lipinski definition) is 4. The highest BCUT2D eigenvalue weighted by Gasteiger charge is 2.32. The molecule has 98 valence electrons. The Morgan fingerprint density at radius 3 is 2.89 bits per heavy atom. The van der Waals surface area contributed by atoms with E-state index in [2.05, 4.69) is 30.1 Å². The van der Waals surface area contributed by atoms with Crippen molar-refractivity contribution in [2.75, 3.05) is 37.7 Å². The Morgan fingerprint density at radius 1 is 1.22 bits per heavy atom. The number of para-hydroxylation sites is 1. The first kappa shape index (κ1) is 11.7. The van der Waals surface area contributed by atoms with Gasteiger partial charge in [0.2, 0.25) is 0 Å². The Hall–Kier alpha value is -1.42. The van der Waals surface area contributed by atoms with Crippen LogP contribution < -0.4 is 19.7 Å². The summed E-state index contributed by atoms with van der Waals surface area (Å²) in [7, 11) is 0. The second kappa shape index (κ2) is 4.35. The predicted molar refractivity (Wildman–Crippen MR) is 71.7 cm³/mol. The van der Waals surface area contributed by atoms with Crippen LogP contribution in [0.25, 0.3) is 0 Å². The summed E-state index contributed by atoms with van der Waals surface area (Å²) in [6.45, 7) is 8.76. The monoisotopic (exact) mass is 248 g/mol. The Morgan fingerprint density at radius 2 is 2.06 bits per heavy atom. The maximum absolute atomic E-state index is 5.81. The van der Waals surface area contributed by atoms with Gasteiger partial charge in [-0.1, -0.05) is 6.07 Å². The number of benzene rings is 1. The molecule has 2 aliphatic heterocycles. The quantitative estimate of drug-likeness (QED) is 0.819.